The summed E-state index contributed by atoms with van der Waals surface area (Å²) in [6.07, 6.45) is 1.72. The van der Waals surface area contributed by atoms with Crippen molar-refractivity contribution < 1.29 is 4.79 Å². The number of carbonyl (C=O) groups excluding carboxylic acids is 1. The first kappa shape index (κ1) is 19.7. The van der Waals surface area contributed by atoms with Crippen LogP contribution in [-0.2, 0) is 4.79 Å². The van der Waals surface area contributed by atoms with Crippen LogP contribution in [0.1, 0.15) is 20.8 Å². The average Bonchev–Trinajstić information content (AvgIpc) is 2.72. The summed E-state index contributed by atoms with van der Waals surface area (Å²) in [6.45, 7) is 6.13. The predicted octanol–water partition coefficient (Wildman–Crippen LogP) is 4.05. The summed E-state index contributed by atoms with van der Waals surface area (Å²) in [6, 6.07) is 15.4. The maximum Gasteiger partial charge on any atom is 0.249 e. The number of nitrogens with two attached hydrogens (primary N) is 1. The number of carbonyl (C=O) groups is 1. The van der Waals surface area contributed by atoms with Crippen LogP contribution in [-0.4, -0.2) is 35.0 Å². The first-order chi connectivity index (χ1) is 14.3. The lowest BCUT2D eigenvalue weighted by Crippen LogP contribution is -2.53. The van der Waals surface area contributed by atoms with Gasteiger partial charge in [0.2, 0.25) is 11.9 Å². The van der Waals surface area contributed by atoms with Crippen LogP contribution in [0.2, 0.25) is 0 Å². The predicted molar refractivity (Wildman–Crippen MR) is 122 cm³/mol. The third kappa shape index (κ3) is 3.54. The number of aromatic nitrogens is 2. The van der Waals surface area contributed by atoms with Gasteiger partial charge in [-0.25, -0.2) is 9.97 Å². The molecule has 2 aromatic carbocycles. The molecule has 1 amide bonds. The van der Waals surface area contributed by atoms with Crippen molar-refractivity contribution in [1.29, 1.82) is 0 Å². The highest BCUT2D eigenvalue weighted by Gasteiger charge is 2.34. The fraction of sp³-hybridized carbons (Fsp3) is 0.261. The molecule has 1 atom stereocenters. The Labute approximate surface area is 176 Å². The van der Waals surface area contributed by atoms with E-state index in [-0.39, 0.29) is 18.0 Å². The number of likely N-dealkylation sites (N-methyl/N-ethyl adjacent to an activating group) is 1. The fourth-order valence-electron chi connectivity index (χ4n) is 3.95. The molecule has 7 heteroatoms. The van der Waals surface area contributed by atoms with Gasteiger partial charge < -0.3 is 20.9 Å². The number of nitrogen functional groups attached to an aromatic ring is 1. The lowest BCUT2D eigenvalue weighted by molar-refractivity contribution is -0.119. The summed E-state index contributed by atoms with van der Waals surface area (Å²) in [5, 5.41) is 3.30. The van der Waals surface area contributed by atoms with E-state index in [1.165, 1.54) is 0 Å². The second-order valence-electron chi connectivity index (χ2n) is 7.79. The molecule has 0 spiro atoms. The van der Waals surface area contributed by atoms with Gasteiger partial charge in [-0.05, 0) is 57.2 Å². The Morgan fingerprint density at radius 1 is 1.10 bits per heavy atom. The molecular formula is C23H26N6O. The van der Waals surface area contributed by atoms with Crippen molar-refractivity contribution >= 4 is 34.6 Å². The molecule has 1 aliphatic rings. The third-order valence-corrected chi connectivity index (χ3v) is 5.37. The van der Waals surface area contributed by atoms with Crippen molar-refractivity contribution in [3.63, 3.8) is 0 Å². The normalized spacial score (nSPS) is 16.0. The van der Waals surface area contributed by atoms with Crippen LogP contribution in [0.4, 0.5) is 28.7 Å². The zero-order chi connectivity index (χ0) is 21.4. The van der Waals surface area contributed by atoms with E-state index in [0.717, 1.165) is 28.3 Å². The summed E-state index contributed by atoms with van der Waals surface area (Å²) < 4.78 is 0. The highest BCUT2D eigenvalue weighted by molar-refractivity contribution is 6.05. The van der Waals surface area contributed by atoms with Gasteiger partial charge in [0.05, 0.1) is 17.1 Å². The van der Waals surface area contributed by atoms with Gasteiger partial charge >= 0.3 is 0 Å². The van der Waals surface area contributed by atoms with Gasteiger partial charge in [-0.2, -0.15) is 0 Å². The van der Waals surface area contributed by atoms with E-state index in [1.54, 1.807) is 11.1 Å². The van der Waals surface area contributed by atoms with E-state index in [0.29, 0.717) is 11.6 Å². The van der Waals surface area contributed by atoms with Gasteiger partial charge in [0, 0.05) is 36.2 Å². The van der Waals surface area contributed by atoms with Crippen LogP contribution in [0.15, 0.2) is 54.7 Å². The second-order valence-corrected chi connectivity index (χ2v) is 7.79. The van der Waals surface area contributed by atoms with Crippen LogP contribution in [0.25, 0.3) is 11.3 Å². The first-order valence-electron chi connectivity index (χ1n) is 10.0. The summed E-state index contributed by atoms with van der Waals surface area (Å²) in [5.41, 5.74) is 11.1. The van der Waals surface area contributed by atoms with E-state index in [2.05, 4.69) is 34.0 Å². The number of rotatable bonds is 4. The Hall–Kier alpha value is -3.61. The first-order valence-corrected chi connectivity index (χ1v) is 10.0. The Kier molecular flexibility index (Phi) is 5.03. The summed E-state index contributed by atoms with van der Waals surface area (Å²) in [5.74, 6) is 0.592. The van der Waals surface area contributed by atoms with E-state index in [1.807, 2.05) is 62.5 Å². The zero-order valence-corrected chi connectivity index (χ0v) is 17.6. The Balaban J connectivity index is 1.67. The molecule has 7 nitrogen and oxygen atoms in total. The Morgan fingerprint density at radius 2 is 1.90 bits per heavy atom. The minimum Gasteiger partial charge on any atom is -0.399 e. The molecule has 0 saturated heterocycles. The highest BCUT2D eigenvalue weighted by atomic mass is 16.2. The maximum absolute atomic E-state index is 12.6. The fourth-order valence-corrected chi connectivity index (χ4v) is 3.95. The van der Waals surface area contributed by atoms with Crippen LogP contribution >= 0.6 is 0 Å². The number of hydrogen-bond acceptors (Lipinski definition) is 6. The highest BCUT2D eigenvalue weighted by Crippen LogP contribution is 2.39. The smallest absolute Gasteiger partial charge is 0.249 e. The molecule has 1 aliphatic heterocycles. The SMILES string of the molecule is CC(C)N1c2cc(Nc3nccc(-c4cccc(N)c4)n3)ccc2N(C)C(=O)C1C. The molecule has 0 bridgehead atoms. The zero-order valence-electron chi connectivity index (χ0n) is 17.6. The largest absolute Gasteiger partial charge is 0.399 e. The van der Waals surface area contributed by atoms with E-state index in [4.69, 9.17) is 5.73 Å². The summed E-state index contributed by atoms with van der Waals surface area (Å²) in [7, 11) is 1.82. The molecule has 3 N–H and O–H groups in total. The molecule has 1 unspecified atom stereocenters. The molecule has 0 radical (unpaired) electrons. The van der Waals surface area contributed by atoms with Crippen LogP contribution in [0.3, 0.4) is 0 Å². The third-order valence-electron chi connectivity index (χ3n) is 5.37. The van der Waals surface area contributed by atoms with Crippen molar-refractivity contribution in [1.82, 2.24) is 9.97 Å². The van der Waals surface area contributed by atoms with Crippen molar-refractivity contribution in [3.8, 4) is 11.3 Å². The topological polar surface area (TPSA) is 87.4 Å². The van der Waals surface area contributed by atoms with Gasteiger partial charge in [-0.3, -0.25) is 4.79 Å². The quantitative estimate of drug-likeness (QED) is 0.640. The standard InChI is InChI=1S/C23H26N6O/c1-14(2)29-15(3)22(30)28(4)20-9-8-18(13-21(20)29)26-23-25-11-10-19(27-23)16-6-5-7-17(24)12-16/h5-15H,24H2,1-4H3,(H,25,26,27). The van der Waals surface area contributed by atoms with Crippen LogP contribution in [0, 0.1) is 0 Å². The second kappa shape index (κ2) is 7.67. The van der Waals surface area contributed by atoms with Crippen molar-refractivity contribution in [2.24, 2.45) is 0 Å². The number of hydrogen-bond donors (Lipinski definition) is 2. The average molecular weight is 403 g/mol. The monoisotopic (exact) mass is 402 g/mol. The minimum atomic E-state index is -0.221. The summed E-state index contributed by atoms with van der Waals surface area (Å²) in [4.78, 5) is 25.5. The Morgan fingerprint density at radius 3 is 2.63 bits per heavy atom. The Bertz CT molecular complexity index is 1100. The van der Waals surface area contributed by atoms with Crippen LogP contribution < -0.4 is 20.9 Å². The molecule has 3 aromatic rings. The van der Waals surface area contributed by atoms with Gasteiger partial charge in [0.15, 0.2) is 0 Å². The molecular weight excluding hydrogens is 376 g/mol. The molecule has 1 aromatic heterocycles. The van der Waals surface area contributed by atoms with Crippen molar-refractivity contribution in [2.45, 2.75) is 32.9 Å². The van der Waals surface area contributed by atoms with E-state index < -0.39 is 0 Å². The molecule has 30 heavy (non-hydrogen) atoms. The number of anilines is 5. The van der Waals surface area contributed by atoms with Crippen LogP contribution in [0.5, 0.6) is 0 Å². The number of nitrogens with one attached hydrogen (secondary N) is 1. The molecule has 2 heterocycles. The molecule has 154 valence electrons. The van der Waals surface area contributed by atoms with E-state index in [9.17, 15) is 4.79 Å². The number of nitrogens with zero attached hydrogens (tertiary/aromatic N) is 4. The van der Waals surface area contributed by atoms with Gasteiger partial charge in [-0.15, -0.1) is 0 Å². The number of benzene rings is 2. The lowest BCUT2D eigenvalue weighted by atomic mass is 10.0. The minimum absolute atomic E-state index is 0.0927. The molecule has 0 aliphatic carbocycles. The number of fused-ring (bicyclic) bond motifs is 1. The van der Waals surface area contributed by atoms with Gasteiger partial charge in [0.25, 0.3) is 0 Å². The molecule has 4 rings (SSSR count). The van der Waals surface area contributed by atoms with Gasteiger partial charge in [-0.1, -0.05) is 12.1 Å². The molecule has 0 saturated carbocycles. The van der Waals surface area contributed by atoms with Crippen molar-refractivity contribution in [2.75, 3.05) is 27.9 Å². The van der Waals surface area contributed by atoms with Gasteiger partial charge in [0.1, 0.15) is 6.04 Å². The summed E-state index contributed by atoms with van der Waals surface area (Å²) >= 11 is 0. The number of amides is 1. The molecule has 0 fully saturated rings. The van der Waals surface area contributed by atoms with Crippen molar-refractivity contribution in [3.05, 3.63) is 54.7 Å². The maximum atomic E-state index is 12.6. The lowest BCUT2D eigenvalue weighted by Gasteiger charge is -2.42. The van der Waals surface area contributed by atoms with E-state index >= 15 is 0 Å².